The fourth-order valence-electron chi connectivity index (χ4n) is 1.10. The molecule has 0 spiro atoms. The number of amides is 1. The molecule has 0 heterocycles. The van der Waals surface area contributed by atoms with Crippen LogP contribution < -0.4 is 5.32 Å². The second kappa shape index (κ2) is 3.91. The Hall–Kier alpha value is -1.84. The summed E-state index contributed by atoms with van der Waals surface area (Å²) in [4.78, 5) is 22.2. The highest BCUT2D eigenvalue weighted by Gasteiger charge is 2.10. The fraction of sp³-hybridized carbons (Fsp3) is 0.200. The van der Waals surface area contributed by atoms with E-state index in [1.54, 1.807) is 0 Å². The third kappa shape index (κ3) is 1.90. The summed E-state index contributed by atoms with van der Waals surface area (Å²) in [6.45, 7) is 1.34. The minimum atomic E-state index is -0.285. The highest BCUT2D eigenvalue weighted by Crippen LogP contribution is 2.18. The van der Waals surface area contributed by atoms with Gasteiger partial charge in [0.1, 0.15) is 5.75 Å². The molecule has 4 heteroatoms. The standard InChI is InChI=1S/C10H11NO3/c1-6(12)8-5-7(10(14)11-2)3-4-9(8)13/h3-5,13H,1-2H3,(H,11,14). The minimum absolute atomic E-state index is 0.106. The number of hydrogen-bond acceptors (Lipinski definition) is 3. The van der Waals surface area contributed by atoms with Crippen molar-refractivity contribution in [3.05, 3.63) is 29.3 Å². The topological polar surface area (TPSA) is 66.4 Å². The van der Waals surface area contributed by atoms with Gasteiger partial charge in [-0.1, -0.05) is 0 Å². The van der Waals surface area contributed by atoms with Gasteiger partial charge in [-0.2, -0.15) is 0 Å². The van der Waals surface area contributed by atoms with Gasteiger partial charge in [0.05, 0.1) is 5.56 Å². The third-order valence-corrected chi connectivity index (χ3v) is 1.87. The minimum Gasteiger partial charge on any atom is -0.507 e. The van der Waals surface area contributed by atoms with Crippen molar-refractivity contribution in [1.29, 1.82) is 0 Å². The lowest BCUT2D eigenvalue weighted by Gasteiger charge is -2.03. The zero-order valence-electron chi connectivity index (χ0n) is 8.00. The Labute approximate surface area is 81.6 Å². The Morgan fingerprint density at radius 2 is 2.00 bits per heavy atom. The Balaban J connectivity index is 3.19. The summed E-state index contributed by atoms with van der Waals surface area (Å²) in [6, 6.07) is 4.17. The summed E-state index contributed by atoms with van der Waals surface area (Å²) in [5.41, 5.74) is 0.515. The average molecular weight is 193 g/mol. The van der Waals surface area contributed by atoms with Gasteiger partial charge in [-0.25, -0.2) is 0 Å². The molecule has 0 saturated heterocycles. The van der Waals surface area contributed by atoms with Crippen LogP contribution in [0.15, 0.2) is 18.2 Å². The summed E-state index contributed by atoms with van der Waals surface area (Å²) < 4.78 is 0. The first kappa shape index (κ1) is 10.2. The molecule has 2 N–H and O–H groups in total. The summed E-state index contributed by atoms with van der Waals surface area (Å²) in [5, 5.41) is 11.7. The number of benzene rings is 1. The number of ketones is 1. The van der Waals surface area contributed by atoms with E-state index in [2.05, 4.69) is 5.32 Å². The molecular weight excluding hydrogens is 182 g/mol. The second-order valence-electron chi connectivity index (χ2n) is 2.87. The molecule has 14 heavy (non-hydrogen) atoms. The molecule has 4 nitrogen and oxygen atoms in total. The van der Waals surface area contributed by atoms with Crippen molar-refractivity contribution in [3.63, 3.8) is 0 Å². The molecule has 0 saturated carbocycles. The highest BCUT2D eigenvalue weighted by molar-refractivity contribution is 6.01. The van der Waals surface area contributed by atoms with E-state index in [1.165, 1.54) is 32.2 Å². The van der Waals surface area contributed by atoms with Gasteiger partial charge in [-0.05, 0) is 25.1 Å². The zero-order chi connectivity index (χ0) is 10.7. The first-order chi connectivity index (χ1) is 6.56. The van der Waals surface area contributed by atoms with Crippen LogP contribution in [0.5, 0.6) is 5.75 Å². The lowest BCUT2D eigenvalue weighted by atomic mass is 10.1. The van der Waals surface area contributed by atoms with Crippen molar-refractivity contribution in [3.8, 4) is 5.75 Å². The van der Waals surface area contributed by atoms with Crippen molar-refractivity contribution in [2.75, 3.05) is 7.05 Å². The van der Waals surface area contributed by atoms with Crippen LogP contribution in [0.4, 0.5) is 0 Å². The molecule has 1 aromatic rings. The molecule has 0 bridgehead atoms. The van der Waals surface area contributed by atoms with Crippen molar-refractivity contribution in [1.82, 2.24) is 5.32 Å². The highest BCUT2D eigenvalue weighted by atomic mass is 16.3. The number of hydrogen-bond donors (Lipinski definition) is 2. The number of carbonyl (C=O) groups excluding carboxylic acids is 2. The zero-order valence-corrected chi connectivity index (χ0v) is 8.00. The normalized spacial score (nSPS) is 9.57. The van der Waals surface area contributed by atoms with Gasteiger partial charge in [0.15, 0.2) is 5.78 Å². The molecule has 74 valence electrons. The van der Waals surface area contributed by atoms with Crippen molar-refractivity contribution in [2.24, 2.45) is 0 Å². The van der Waals surface area contributed by atoms with Gasteiger partial charge in [0.25, 0.3) is 5.91 Å². The molecule has 0 aromatic heterocycles. The first-order valence-corrected chi connectivity index (χ1v) is 4.12. The van der Waals surface area contributed by atoms with E-state index in [0.29, 0.717) is 5.56 Å². The molecule has 0 unspecified atom stereocenters. The van der Waals surface area contributed by atoms with Gasteiger partial charge < -0.3 is 10.4 Å². The number of rotatable bonds is 2. The number of phenolic OH excluding ortho intramolecular Hbond substituents is 1. The molecule has 1 aromatic carbocycles. The molecule has 0 aliphatic carbocycles. The van der Waals surface area contributed by atoms with E-state index in [-0.39, 0.29) is 23.0 Å². The molecule has 0 fully saturated rings. The van der Waals surface area contributed by atoms with Gasteiger partial charge in [0, 0.05) is 12.6 Å². The SMILES string of the molecule is CNC(=O)c1ccc(O)c(C(C)=O)c1. The molecule has 0 radical (unpaired) electrons. The van der Waals surface area contributed by atoms with Crippen molar-refractivity contribution < 1.29 is 14.7 Å². The summed E-state index contributed by atoms with van der Waals surface area (Å²) in [6.07, 6.45) is 0. The summed E-state index contributed by atoms with van der Waals surface area (Å²) >= 11 is 0. The average Bonchev–Trinajstić information content (AvgIpc) is 2.17. The maximum Gasteiger partial charge on any atom is 0.251 e. The maximum atomic E-state index is 11.2. The van der Waals surface area contributed by atoms with Crippen LogP contribution in [0.1, 0.15) is 27.6 Å². The van der Waals surface area contributed by atoms with Gasteiger partial charge in [0.2, 0.25) is 0 Å². The predicted molar refractivity (Wildman–Crippen MR) is 51.5 cm³/mol. The first-order valence-electron chi connectivity index (χ1n) is 4.12. The second-order valence-corrected chi connectivity index (χ2v) is 2.87. The van der Waals surface area contributed by atoms with E-state index in [4.69, 9.17) is 0 Å². The van der Waals surface area contributed by atoms with Crippen LogP contribution in [0, 0.1) is 0 Å². The van der Waals surface area contributed by atoms with Crippen molar-refractivity contribution in [2.45, 2.75) is 6.92 Å². The quantitative estimate of drug-likeness (QED) is 0.687. The number of aromatic hydroxyl groups is 1. The Morgan fingerprint density at radius 1 is 1.36 bits per heavy atom. The Morgan fingerprint density at radius 3 is 2.50 bits per heavy atom. The van der Waals surface area contributed by atoms with E-state index >= 15 is 0 Å². The van der Waals surface area contributed by atoms with Crippen molar-refractivity contribution >= 4 is 11.7 Å². The smallest absolute Gasteiger partial charge is 0.251 e. The Kier molecular flexibility index (Phi) is 2.86. The fourth-order valence-corrected chi connectivity index (χ4v) is 1.10. The van der Waals surface area contributed by atoms with Crippen LogP contribution in [0.25, 0.3) is 0 Å². The van der Waals surface area contributed by atoms with Gasteiger partial charge in [-0.15, -0.1) is 0 Å². The molecule has 0 atom stereocenters. The third-order valence-electron chi connectivity index (χ3n) is 1.87. The van der Waals surface area contributed by atoms with E-state index in [1.807, 2.05) is 0 Å². The summed E-state index contributed by atoms with van der Waals surface area (Å²) in [7, 11) is 1.50. The Bertz CT molecular complexity index is 385. The van der Waals surface area contributed by atoms with E-state index in [0.717, 1.165) is 0 Å². The maximum absolute atomic E-state index is 11.2. The van der Waals surface area contributed by atoms with E-state index in [9.17, 15) is 14.7 Å². The number of phenols is 1. The van der Waals surface area contributed by atoms with Crippen LogP contribution in [0.2, 0.25) is 0 Å². The monoisotopic (exact) mass is 193 g/mol. The largest absolute Gasteiger partial charge is 0.507 e. The van der Waals surface area contributed by atoms with Crippen LogP contribution in [0.3, 0.4) is 0 Å². The molecule has 1 rings (SSSR count). The number of nitrogens with one attached hydrogen (secondary N) is 1. The number of Topliss-reactive ketones (excluding diaryl/α,β-unsaturated/α-hetero) is 1. The molecule has 0 aliphatic rings. The van der Waals surface area contributed by atoms with Gasteiger partial charge in [-0.3, -0.25) is 9.59 Å². The van der Waals surface area contributed by atoms with Crippen LogP contribution in [-0.4, -0.2) is 23.8 Å². The lowest BCUT2D eigenvalue weighted by molar-refractivity contribution is 0.0963. The lowest BCUT2D eigenvalue weighted by Crippen LogP contribution is -2.18. The molecule has 0 aliphatic heterocycles. The van der Waals surface area contributed by atoms with Crippen LogP contribution >= 0.6 is 0 Å². The van der Waals surface area contributed by atoms with Gasteiger partial charge >= 0.3 is 0 Å². The van der Waals surface area contributed by atoms with E-state index < -0.39 is 0 Å². The van der Waals surface area contributed by atoms with Crippen LogP contribution in [-0.2, 0) is 0 Å². The summed E-state index contributed by atoms with van der Waals surface area (Å²) in [5.74, 6) is -0.661. The predicted octanol–water partition coefficient (Wildman–Crippen LogP) is 0.954. The molecular formula is C10H11NO3. The number of carbonyl (C=O) groups is 2. The molecule has 1 amide bonds.